The topological polar surface area (TPSA) is 55.6 Å². The lowest BCUT2D eigenvalue weighted by molar-refractivity contribution is -0.146. The molecule has 4 heteroatoms. The Balaban J connectivity index is 2.06. The predicted molar refractivity (Wildman–Crippen MR) is 66.5 cm³/mol. The first-order valence-electron chi connectivity index (χ1n) is 6.68. The fourth-order valence-corrected chi connectivity index (χ4v) is 2.87. The maximum Gasteiger partial charge on any atom is 0.226 e. The van der Waals surface area contributed by atoms with Crippen molar-refractivity contribution in [3.63, 3.8) is 0 Å². The summed E-state index contributed by atoms with van der Waals surface area (Å²) in [6, 6.07) is 0.0973. The highest BCUT2D eigenvalue weighted by molar-refractivity contribution is 5.80. The van der Waals surface area contributed by atoms with Crippen LogP contribution in [0.2, 0.25) is 0 Å². The summed E-state index contributed by atoms with van der Waals surface area (Å²) in [7, 11) is 0. The number of nitrogens with zero attached hydrogens (tertiary/aromatic N) is 1. The average molecular weight is 240 g/mol. The number of piperidine rings is 1. The molecule has 2 N–H and O–H groups in total. The lowest BCUT2D eigenvalue weighted by atomic mass is 9.84. The van der Waals surface area contributed by atoms with E-state index in [0.717, 1.165) is 45.4 Å². The van der Waals surface area contributed by atoms with Gasteiger partial charge in [-0.15, -0.1) is 0 Å². The fourth-order valence-electron chi connectivity index (χ4n) is 2.87. The zero-order valence-electron chi connectivity index (χ0n) is 10.9. The maximum atomic E-state index is 12.5. The largest absolute Gasteiger partial charge is 0.381 e. The standard InChI is InChI=1S/C13H24N2O2/c1-13(2)11(14)4-3-7-15(13)12(16)10-5-8-17-9-6-10/h10-11H,3-9,14H2,1-2H3. The zero-order valence-corrected chi connectivity index (χ0v) is 10.9. The van der Waals surface area contributed by atoms with Gasteiger partial charge < -0.3 is 15.4 Å². The number of rotatable bonds is 1. The monoisotopic (exact) mass is 240 g/mol. The van der Waals surface area contributed by atoms with Crippen molar-refractivity contribution in [3.8, 4) is 0 Å². The van der Waals surface area contributed by atoms with Crippen molar-refractivity contribution in [1.29, 1.82) is 0 Å². The van der Waals surface area contributed by atoms with E-state index in [2.05, 4.69) is 13.8 Å². The van der Waals surface area contributed by atoms with E-state index < -0.39 is 0 Å². The van der Waals surface area contributed by atoms with Gasteiger partial charge in [0.15, 0.2) is 0 Å². The van der Waals surface area contributed by atoms with Crippen molar-refractivity contribution >= 4 is 5.91 Å². The van der Waals surface area contributed by atoms with Crippen molar-refractivity contribution in [2.45, 2.75) is 51.1 Å². The Morgan fingerprint density at radius 1 is 1.29 bits per heavy atom. The second kappa shape index (κ2) is 4.94. The second-order valence-electron chi connectivity index (χ2n) is 5.78. The highest BCUT2D eigenvalue weighted by atomic mass is 16.5. The van der Waals surface area contributed by atoms with Gasteiger partial charge in [0.05, 0.1) is 5.54 Å². The highest BCUT2D eigenvalue weighted by Gasteiger charge is 2.41. The number of hydrogen-bond acceptors (Lipinski definition) is 3. The van der Waals surface area contributed by atoms with E-state index in [4.69, 9.17) is 10.5 Å². The lowest BCUT2D eigenvalue weighted by Crippen LogP contribution is -2.62. The summed E-state index contributed by atoms with van der Waals surface area (Å²) in [6.07, 6.45) is 3.77. The van der Waals surface area contributed by atoms with Gasteiger partial charge in [0.1, 0.15) is 0 Å². The molecular formula is C13H24N2O2. The number of amides is 1. The van der Waals surface area contributed by atoms with Gasteiger partial charge in [0.2, 0.25) is 5.91 Å². The van der Waals surface area contributed by atoms with Gasteiger partial charge in [-0.25, -0.2) is 0 Å². The first-order valence-corrected chi connectivity index (χ1v) is 6.68. The first-order chi connectivity index (χ1) is 8.03. The van der Waals surface area contributed by atoms with E-state index in [9.17, 15) is 4.79 Å². The minimum atomic E-state index is -0.201. The summed E-state index contributed by atoms with van der Waals surface area (Å²) in [5.74, 6) is 0.432. The van der Waals surface area contributed by atoms with Gasteiger partial charge in [-0.2, -0.15) is 0 Å². The molecule has 2 rings (SSSR count). The molecule has 2 aliphatic heterocycles. The summed E-state index contributed by atoms with van der Waals surface area (Å²) >= 11 is 0. The molecule has 2 saturated heterocycles. The molecule has 98 valence electrons. The molecule has 0 spiro atoms. The van der Waals surface area contributed by atoms with E-state index >= 15 is 0 Å². The molecule has 0 saturated carbocycles. The molecule has 0 aliphatic carbocycles. The van der Waals surface area contributed by atoms with Crippen LogP contribution in [0.3, 0.4) is 0 Å². The minimum absolute atomic E-state index is 0.0973. The SMILES string of the molecule is CC1(C)C(N)CCCN1C(=O)C1CCOCC1. The smallest absolute Gasteiger partial charge is 0.226 e. The van der Waals surface area contributed by atoms with E-state index in [-0.39, 0.29) is 23.4 Å². The molecule has 1 unspecified atom stereocenters. The lowest BCUT2D eigenvalue weighted by Gasteiger charge is -2.48. The van der Waals surface area contributed by atoms with Crippen molar-refractivity contribution in [3.05, 3.63) is 0 Å². The van der Waals surface area contributed by atoms with Gasteiger partial charge in [0.25, 0.3) is 0 Å². The average Bonchev–Trinajstić information content (AvgIpc) is 2.33. The van der Waals surface area contributed by atoms with Gasteiger partial charge in [0, 0.05) is 31.7 Å². The molecule has 4 nitrogen and oxygen atoms in total. The molecular weight excluding hydrogens is 216 g/mol. The molecule has 0 aromatic rings. The molecule has 2 aliphatic rings. The fraction of sp³-hybridized carbons (Fsp3) is 0.923. The Hall–Kier alpha value is -0.610. The summed E-state index contributed by atoms with van der Waals surface area (Å²) in [5.41, 5.74) is 5.95. The van der Waals surface area contributed by atoms with Crippen molar-refractivity contribution in [2.24, 2.45) is 11.7 Å². The van der Waals surface area contributed by atoms with Crippen LogP contribution in [-0.4, -0.2) is 42.1 Å². The number of carbonyl (C=O) groups is 1. The van der Waals surface area contributed by atoms with E-state index in [1.165, 1.54) is 0 Å². The summed E-state index contributed by atoms with van der Waals surface area (Å²) < 4.78 is 5.31. The Morgan fingerprint density at radius 3 is 2.59 bits per heavy atom. The molecule has 17 heavy (non-hydrogen) atoms. The van der Waals surface area contributed by atoms with E-state index in [0.29, 0.717) is 0 Å². The van der Waals surface area contributed by atoms with E-state index in [1.807, 2.05) is 4.90 Å². The van der Waals surface area contributed by atoms with Crippen LogP contribution in [0.4, 0.5) is 0 Å². The summed E-state index contributed by atoms with van der Waals surface area (Å²) in [4.78, 5) is 14.5. The van der Waals surface area contributed by atoms with E-state index in [1.54, 1.807) is 0 Å². The Morgan fingerprint density at radius 2 is 1.94 bits per heavy atom. The third kappa shape index (κ3) is 2.47. The van der Waals surface area contributed by atoms with Crippen LogP contribution in [0.1, 0.15) is 39.5 Å². The maximum absolute atomic E-state index is 12.5. The second-order valence-corrected chi connectivity index (χ2v) is 5.78. The Kier molecular flexibility index (Phi) is 3.73. The number of nitrogens with two attached hydrogens (primary N) is 1. The Labute approximate surface area is 103 Å². The molecule has 2 heterocycles. The predicted octanol–water partition coefficient (Wildman–Crippen LogP) is 1.14. The van der Waals surface area contributed by atoms with Crippen LogP contribution in [0, 0.1) is 5.92 Å². The third-order valence-corrected chi connectivity index (χ3v) is 4.34. The molecule has 0 aromatic carbocycles. The van der Waals surface area contributed by atoms with Gasteiger partial charge in [-0.1, -0.05) is 0 Å². The van der Waals surface area contributed by atoms with Crippen LogP contribution in [0.25, 0.3) is 0 Å². The molecule has 0 bridgehead atoms. The first kappa shape index (κ1) is 12.8. The van der Waals surface area contributed by atoms with Crippen LogP contribution in [0.15, 0.2) is 0 Å². The molecule has 0 radical (unpaired) electrons. The van der Waals surface area contributed by atoms with Crippen molar-refractivity contribution < 1.29 is 9.53 Å². The number of likely N-dealkylation sites (tertiary alicyclic amines) is 1. The summed E-state index contributed by atoms with van der Waals surface area (Å²) in [5, 5.41) is 0. The third-order valence-electron chi connectivity index (χ3n) is 4.34. The molecule has 2 fully saturated rings. The quantitative estimate of drug-likeness (QED) is 0.748. The van der Waals surface area contributed by atoms with Crippen LogP contribution in [0.5, 0.6) is 0 Å². The normalized spacial score (nSPS) is 30.3. The van der Waals surface area contributed by atoms with Gasteiger partial charge in [-0.05, 0) is 39.5 Å². The van der Waals surface area contributed by atoms with Crippen molar-refractivity contribution in [2.75, 3.05) is 19.8 Å². The van der Waals surface area contributed by atoms with Crippen molar-refractivity contribution in [1.82, 2.24) is 4.90 Å². The molecule has 1 amide bonds. The number of ether oxygens (including phenoxy) is 1. The molecule has 0 aromatic heterocycles. The minimum Gasteiger partial charge on any atom is -0.381 e. The van der Waals surface area contributed by atoms with Crippen LogP contribution < -0.4 is 5.73 Å². The Bertz CT molecular complexity index is 285. The summed E-state index contributed by atoms with van der Waals surface area (Å²) in [6.45, 7) is 6.48. The zero-order chi connectivity index (χ0) is 12.5. The van der Waals surface area contributed by atoms with Crippen LogP contribution >= 0.6 is 0 Å². The van der Waals surface area contributed by atoms with Gasteiger partial charge in [-0.3, -0.25) is 4.79 Å². The molecule has 1 atom stereocenters. The van der Waals surface area contributed by atoms with Gasteiger partial charge >= 0.3 is 0 Å². The van der Waals surface area contributed by atoms with Crippen LogP contribution in [-0.2, 0) is 9.53 Å². The highest BCUT2D eigenvalue weighted by Crippen LogP contribution is 2.30. The number of hydrogen-bond donors (Lipinski definition) is 1. The number of carbonyl (C=O) groups excluding carboxylic acids is 1.